The molecule has 0 aliphatic carbocycles. The molecule has 0 amide bonds. The van der Waals surface area contributed by atoms with Gasteiger partial charge in [-0.3, -0.25) is 0 Å². The van der Waals surface area contributed by atoms with Gasteiger partial charge < -0.3 is 14.6 Å². The van der Waals surface area contributed by atoms with Crippen molar-refractivity contribution in [3.05, 3.63) is 57.8 Å². The van der Waals surface area contributed by atoms with E-state index in [1.807, 2.05) is 0 Å². The SMILES string of the molecule is COc1ccc(Br)c(C(O)c2cc(F)ccc2OC)c1. The van der Waals surface area contributed by atoms with Gasteiger partial charge in [-0.15, -0.1) is 0 Å². The standard InChI is InChI=1S/C15H14BrFO3/c1-19-10-4-5-13(16)11(8-10)15(18)12-7-9(17)3-6-14(12)20-2/h3-8,15,18H,1-2H3. The first-order valence-electron chi connectivity index (χ1n) is 5.91. The van der Waals surface area contributed by atoms with E-state index in [1.54, 1.807) is 25.3 Å². The monoisotopic (exact) mass is 340 g/mol. The summed E-state index contributed by atoms with van der Waals surface area (Å²) in [5.41, 5.74) is 0.940. The van der Waals surface area contributed by atoms with Crippen LogP contribution >= 0.6 is 15.9 Å². The quantitative estimate of drug-likeness (QED) is 0.922. The molecular formula is C15H14BrFO3. The first kappa shape index (κ1) is 14.8. The summed E-state index contributed by atoms with van der Waals surface area (Å²) in [4.78, 5) is 0. The maximum Gasteiger partial charge on any atom is 0.125 e. The van der Waals surface area contributed by atoms with Gasteiger partial charge in [-0.05, 0) is 36.4 Å². The Hall–Kier alpha value is -1.59. The Morgan fingerprint density at radius 3 is 2.45 bits per heavy atom. The van der Waals surface area contributed by atoms with E-state index in [0.29, 0.717) is 27.1 Å². The molecule has 3 nitrogen and oxygen atoms in total. The van der Waals surface area contributed by atoms with Crippen LogP contribution in [0.15, 0.2) is 40.9 Å². The molecule has 0 fully saturated rings. The van der Waals surface area contributed by atoms with Crippen molar-refractivity contribution in [2.24, 2.45) is 0 Å². The van der Waals surface area contributed by atoms with Crippen molar-refractivity contribution in [1.29, 1.82) is 0 Å². The molecule has 0 aliphatic rings. The lowest BCUT2D eigenvalue weighted by Crippen LogP contribution is -2.04. The third-order valence-electron chi connectivity index (χ3n) is 2.98. The van der Waals surface area contributed by atoms with E-state index < -0.39 is 11.9 Å². The highest BCUT2D eigenvalue weighted by atomic mass is 79.9. The summed E-state index contributed by atoms with van der Waals surface area (Å²) in [6.07, 6.45) is -1.02. The van der Waals surface area contributed by atoms with Crippen LogP contribution in [-0.2, 0) is 0 Å². The Bertz CT molecular complexity index is 616. The third-order valence-corrected chi connectivity index (χ3v) is 3.71. The van der Waals surface area contributed by atoms with Gasteiger partial charge in [0.05, 0.1) is 14.2 Å². The molecule has 0 radical (unpaired) electrons. The molecule has 2 rings (SSSR count). The fraction of sp³-hybridized carbons (Fsp3) is 0.200. The van der Waals surface area contributed by atoms with Crippen molar-refractivity contribution < 1.29 is 19.0 Å². The van der Waals surface area contributed by atoms with Crippen molar-refractivity contribution in [1.82, 2.24) is 0 Å². The van der Waals surface area contributed by atoms with Gasteiger partial charge >= 0.3 is 0 Å². The lowest BCUT2D eigenvalue weighted by Gasteiger charge is -2.17. The van der Waals surface area contributed by atoms with E-state index in [-0.39, 0.29) is 0 Å². The predicted octanol–water partition coefficient (Wildman–Crippen LogP) is 3.69. The van der Waals surface area contributed by atoms with Gasteiger partial charge in [0.25, 0.3) is 0 Å². The van der Waals surface area contributed by atoms with Gasteiger partial charge in [0.2, 0.25) is 0 Å². The van der Waals surface area contributed by atoms with E-state index in [4.69, 9.17) is 9.47 Å². The van der Waals surface area contributed by atoms with Crippen LogP contribution in [0.4, 0.5) is 4.39 Å². The second-order valence-corrected chi connectivity index (χ2v) is 5.03. The van der Waals surface area contributed by atoms with Crippen molar-refractivity contribution in [2.75, 3.05) is 14.2 Å². The molecule has 5 heteroatoms. The number of rotatable bonds is 4. The van der Waals surface area contributed by atoms with E-state index in [9.17, 15) is 9.50 Å². The molecule has 0 heterocycles. The van der Waals surface area contributed by atoms with Crippen molar-refractivity contribution in [3.63, 3.8) is 0 Å². The maximum absolute atomic E-state index is 13.4. The molecule has 0 saturated carbocycles. The number of aliphatic hydroxyl groups is 1. The summed E-state index contributed by atoms with van der Waals surface area (Å²) < 4.78 is 24.4. The maximum atomic E-state index is 13.4. The van der Waals surface area contributed by atoms with Gasteiger partial charge in [-0.2, -0.15) is 0 Å². The second-order valence-electron chi connectivity index (χ2n) is 4.18. The highest BCUT2D eigenvalue weighted by molar-refractivity contribution is 9.10. The Balaban J connectivity index is 2.50. The molecule has 0 aromatic heterocycles. The van der Waals surface area contributed by atoms with Crippen molar-refractivity contribution in [3.8, 4) is 11.5 Å². The number of benzene rings is 2. The van der Waals surface area contributed by atoms with Crippen molar-refractivity contribution >= 4 is 15.9 Å². The Morgan fingerprint density at radius 2 is 1.80 bits per heavy atom. The molecule has 0 aliphatic heterocycles. The lowest BCUT2D eigenvalue weighted by molar-refractivity contribution is 0.213. The topological polar surface area (TPSA) is 38.7 Å². The average Bonchev–Trinajstić information content (AvgIpc) is 2.47. The molecule has 1 N–H and O–H groups in total. The Morgan fingerprint density at radius 1 is 1.05 bits per heavy atom. The van der Waals surface area contributed by atoms with Crippen LogP contribution in [0.25, 0.3) is 0 Å². The molecule has 0 saturated heterocycles. The van der Waals surface area contributed by atoms with Gasteiger partial charge in [-0.25, -0.2) is 4.39 Å². The number of hydrogen-bond donors (Lipinski definition) is 1. The molecule has 2 aromatic rings. The van der Waals surface area contributed by atoms with Gasteiger partial charge in [0, 0.05) is 15.6 Å². The van der Waals surface area contributed by atoms with Crippen LogP contribution < -0.4 is 9.47 Å². The van der Waals surface area contributed by atoms with Gasteiger partial charge in [0.1, 0.15) is 23.4 Å². The number of halogens is 2. The molecule has 20 heavy (non-hydrogen) atoms. The fourth-order valence-corrected chi connectivity index (χ4v) is 2.41. The minimum absolute atomic E-state index is 0.362. The first-order chi connectivity index (χ1) is 9.56. The van der Waals surface area contributed by atoms with E-state index in [0.717, 1.165) is 0 Å². The zero-order chi connectivity index (χ0) is 14.7. The molecule has 106 valence electrons. The fourth-order valence-electron chi connectivity index (χ4n) is 1.94. The molecule has 1 atom stereocenters. The molecule has 0 spiro atoms. The number of hydrogen-bond acceptors (Lipinski definition) is 3. The summed E-state index contributed by atoms with van der Waals surface area (Å²) in [7, 11) is 3.02. The Kier molecular flexibility index (Phi) is 4.62. The largest absolute Gasteiger partial charge is 0.497 e. The zero-order valence-corrected chi connectivity index (χ0v) is 12.6. The minimum Gasteiger partial charge on any atom is -0.497 e. The lowest BCUT2D eigenvalue weighted by atomic mass is 10.0. The highest BCUT2D eigenvalue weighted by Crippen LogP contribution is 2.35. The van der Waals surface area contributed by atoms with Crippen molar-refractivity contribution in [2.45, 2.75) is 6.10 Å². The van der Waals surface area contributed by atoms with E-state index in [2.05, 4.69) is 15.9 Å². The van der Waals surface area contributed by atoms with Crippen LogP contribution in [-0.4, -0.2) is 19.3 Å². The highest BCUT2D eigenvalue weighted by Gasteiger charge is 2.19. The summed E-state index contributed by atoms with van der Waals surface area (Å²) >= 11 is 3.37. The molecule has 2 aromatic carbocycles. The Labute approximate surface area is 125 Å². The second kappa shape index (κ2) is 6.24. The number of methoxy groups -OCH3 is 2. The van der Waals surface area contributed by atoms with Crippen LogP contribution in [0.1, 0.15) is 17.2 Å². The number of aliphatic hydroxyl groups excluding tert-OH is 1. The summed E-state index contributed by atoms with van der Waals surface area (Å²) in [5.74, 6) is 0.602. The minimum atomic E-state index is -1.02. The van der Waals surface area contributed by atoms with Crippen LogP contribution in [0, 0.1) is 5.82 Å². The predicted molar refractivity (Wildman–Crippen MR) is 77.7 cm³/mol. The first-order valence-corrected chi connectivity index (χ1v) is 6.71. The summed E-state index contributed by atoms with van der Waals surface area (Å²) in [6.45, 7) is 0. The summed E-state index contributed by atoms with van der Waals surface area (Å²) in [5, 5.41) is 10.5. The smallest absolute Gasteiger partial charge is 0.125 e. The zero-order valence-electron chi connectivity index (χ0n) is 11.1. The van der Waals surface area contributed by atoms with Crippen LogP contribution in [0.3, 0.4) is 0 Å². The third kappa shape index (κ3) is 2.94. The van der Waals surface area contributed by atoms with Gasteiger partial charge in [0.15, 0.2) is 0 Å². The summed E-state index contributed by atoms with van der Waals surface area (Å²) in [6, 6.07) is 9.26. The normalized spacial score (nSPS) is 12.1. The molecular weight excluding hydrogens is 327 g/mol. The average molecular weight is 341 g/mol. The molecule has 0 bridgehead atoms. The van der Waals surface area contributed by atoms with E-state index in [1.165, 1.54) is 25.3 Å². The van der Waals surface area contributed by atoms with E-state index >= 15 is 0 Å². The van der Waals surface area contributed by atoms with Gasteiger partial charge in [-0.1, -0.05) is 15.9 Å². The van der Waals surface area contributed by atoms with Crippen LogP contribution in [0.5, 0.6) is 11.5 Å². The molecule has 1 unspecified atom stereocenters. The number of ether oxygens (including phenoxy) is 2. The van der Waals surface area contributed by atoms with Crippen LogP contribution in [0.2, 0.25) is 0 Å².